The van der Waals surface area contributed by atoms with Crippen LogP contribution in [0.3, 0.4) is 0 Å². The van der Waals surface area contributed by atoms with Crippen LogP contribution in [0.15, 0.2) is 54.1 Å². The Kier molecular flexibility index (Phi) is 8.48. The van der Waals surface area contributed by atoms with E-state index in [1.807, 2.05) is 37.3 Å². The third-order valence-electron chi connectivity index (χ3n) is 8.54. The number of allylic oxidation sites excluding steroid dienone is 3. The molecule has 1 amide bonds. The van der Waals surface area contributed by atoms with Crippen LogP contribution >= 0.6 is 0 Å². The van der Waals surface area contributed by atoms with Crippen molar-refractivity contribution in [3.05, 3.63) is 54.1 Å². The van der Waals surface area contributed by atoms with E-state index in [0.29, 0.717) is 16.7 Å². The summed E-state index contributed by atoms with van der Waals surface area (Å²) in [4.78, 5) is 12.1. The van der Waals surface area contributed by atoms with Crippen molar-refractivity contribution in [1.82, 2.24) is 0 Å². The summed E-state index contributed by atoms with van der Waals surface area (Å²) in [5.41, 5.74) is 4.56. The molecule has 2 aliphatic carbocycles. The van der Waals surface area contributed by atoms with Gasteiger partial charge in [-0.3, -0.25) is 5.32 Å². The molecule has 4 atom stereocenters. The third kappa shape index (κ3) is 6.52. The van der Waals surface area contributed by atoms with Crippen LogP contribution in [0.25, 0.3) is 0 Å². The van der Waals surface area contributed by atoms with E-state index in [-0.39, 0.29) is 12.2 Å². The highest BCUT2D eigenvalue weighted by Crippen LogP contribution is 2.61. The lowest BCUT2D eigenvalue weighted by Gasteiger charge is -2.58. The Balaban J connectivity index is 1.45. The maximum absolute atomic E-state index is 12.1. The van der Waals surface area contributed by atoms with Gasteiger partial charge in [-0.1, -0.05) is 69.2 Å². The molecule has 0 aromatic heterocycles. The lowest BCUT2D eigenvalue weighted by atomic mass is 9.47. The first-order valence-corrected chi connectivity index (χ1v) is 13.0. The molecule has 3 rings (SSSR count). The number of fused-ring (bicyclic) bond motifs is 1. The van der Waals surface area contributed by atoms with Crippen molar-refractivity contribution >= 4 is 11.8 Å². The van der Waals surface area contributed by atoms with Crippen molar-refractivity contribution in [3.8, 4) is 0 Å². The first kappa shape index (κ1) is 25.6. The molecule has 2 saturated carbocycles. The molecule has 0 bridgehead atoms. The minimum absolute atomic E-state index is 0.111. The lowest BCUT2D eigenvalue weighted by Crippen LogP contribution is -2.49. The van der Waals surface area contributed by atoms with Crippen LogP contribution in [0.4, 0.5) is 10.5 Å². The SMILES string of the molecule is C=C1CC[C@@H]2C(C)(C)CCC[C@@]2(C)[C@H]1CC/C(C)=C/CC[C@H](C)OC(=O)Nc1ccccc1. The largest absolute Gasteiger partial charge is 0.446 e. The van der Waals surface area contributed by atoms with Crippen molar-refractivity contribution < 1.29 is 9.53 Å². The predicted octanol–water partition coefficient (Wildman–Crippen LogP) is 8.93. The third-order valence-corrected chi connectivity index (χ3v) is 8.54. The zero-order valence-corrected chi connectivity index (χ0v) is 21.6. The Morgan fingerprint density at radius 2 is 1.97 bits per heavy atom. The van der Waals surface area contributed by atoms with Gasteiger partial charge < -0.3 is 4.74 Å². The highest BCUT2D eigenvalue weighted by Gasteiger charge is 2.52. The monoisotopic (exact) mass is 451 g/mol. The fourth-order valence-electron chi connectivity index (χ4n) is 6.76. The lowest BCUT2D eigenvalue weighted by molar-refractivity contribution is -0.0539. The van der Waals surface area contributed by atoms with E-state index in [2.05, 4.69) is 45.7 Å². The van der Waals surface area contributed by atoms with Crippen LogP contribution in [-0.2, 0) is 4.74 Å². The van der Waals surface area contributed by atoms with E-state index in [0.717, 1.165) is 30.9 Å². The minimum atomic E-state index is -0.386. The number of rotatable bonds is 8. The molecule has 33 heavy (non-hydrogen) atoms. The Bertz CT molecular complexity index is 840. The number of para-hydroxylation sites is 1. The zero-order valence-electron chi connectivity index (χ0n) is 21.6. The fourth-order valence-corrected chi connectivity index (χ4v) is 6.76. The number of carbonyl (C=O) groups excluding carboxylic acids is 1. The van der Waals surface area contributed by atoms with Gasteiger partial charge in [-0.2, -0.15) is 0 Å². The number of carbonyl (C=O) groups is 1. The van der Waals surface area contributed by atoms with Crippen LogP contribution in [0.2, 0.25) is 0 Å². The number of nitrogens with one attached hydrogen (secondary N) is 1. The van der Waals surface area contributed by atoms with Gasteiger partial charge >= 0.3 is 6.09 Å². The zero-order chi connectivity index (χ0) is 24.1. The van der Waals surface area contributed by atoms with E-state index < -0.39 is 0 Å². The number of ether oxygens (including phenoxy) is 1. The summed E-state index contributed by atoms with van der Waals surface area (Å²) >= 11 is 0. The second-order valence-electron chi connectivity index (χ2n) is 11.5. The van der Waals surface area contributed by atoms with E-state index in [4.69, 9.17) is 4.74 Å². The van der Waals surface area contributed by atoms with Gasteiger partial charge in [0, 0.05) is 5.69 Å². The van der Waals surface area contributed by atoms with Gasteiger partial charge in [0.25, 0.3) is 0 Å². The van der Waals surface area contributed by atoms with Gasteiger partial charge in [0.1, 0.15) is 6.10 Å². The molecule has 0 aliphatic heterocycles. The van der Waals surface area contributed by atoms with Gasteiger partial charge in [0.05, 0.1) is 0 Å². The van der Waals surface area contributed by atoms with Crippen molar-refractivity contribution in [2.24, 2.45) is 22.7 Å². The first-order valence-electron chi connectivity index (χ1n) is 13.0. The molecule has 0 heterocycles. The molecule has 1 aromatic carbocycles. The molecule has 3 nitrogen and oxygen atoms in total. The quantitative estimate of drug-likeness (QED) is 0.401. The molecule has 3 heteroatoms. The van der Waals surface area contributed by atoms with Gasteiger partial charge in [-0.25, -0.2) is 4.79 Å². The molecule has 182 valence electrons. The second kappa shape index (κ2) is 10.9. The summed E-state index contributed by atoms with van der Waals surface area (Å²) in [6.07, 6.45) is 12.6. The number of amides is 1. The van der Waals surface area contributed by atoms with Gasteiger partial charge in [0.15, 0.2) is 0 Å². The van der Waals surface area contributed by atoms with Gasteiger partial charge in [-0.15, -0.1) is 0 Å². The molecule has 2 fully saturated rings. The summed E-state index contributed by atoms with van der Waals surface area (Å²) in [6, 6.07) is 9.42. The van der Waals surface area contributed by atoms with Crippen molar-refractivity contribution in [1.29, 1.82) is 0 Å². The molecule has 0 unspecified atom stereocenters. The summed E-state index contributed by atoms with van der Waals surface area (Å²) < 4.78 is 5.51. The smallest absolute Gasteiger partial charge is 0.411 e. The van der Waals surface area contributed by atoms with Gasteiger partial charge in [-0.05, 0) is 100 Å². The molecule has 0 radical (unpaired) electrons. The predicted molar refractivity (Wildman–Crippen MR) is 139 cm³/mol. The number of benzene rings is 1. The van der Waals surface area contributed by atoms with Crippen molar-refractivity contribution in [2.45, 2.75) is 98.5 Å². The highest BCUT2D eigenvalue weighted by molar-refractivity contribution is 5.84. The standard InChI is InChI=1S/C30H45NO2/c1-22(12-10-13-24(3)33-28(32)31-25-14-8-7-9-15-25)16-18-26-23(2)17-19-27-29(4,5)20-11-21-30(26,27)6/h7-9,12,14-15,24,26-27H,2,10-11,13,16-21H2,1,3-6H3,(H,31,32)/b22-12+/t24-,26-,27+,30-/m0/s1. The summed E-state index contributed by atoms with van der Waals surface area (Å²) in [5.74, 6) is 1.46. The van der Waals surface area contributed by atoms with Crippen molar-refractivity contribution in [3.63, 3.8) is 0 Å². The van der Waals surface area contributed by atoms with Crippen LogP contribution in [0.1, 0.15) is 92.4 Å². The second-order valence-corrected chi connectivity index (χ2v) is 11.5. The molecule has 2 aliphatic rings. The summed E-state index contributed by atoms with van der Waals surface area (Å²) in [5, 5.41) is 2.78. The molecule has 0 spiro atoms. The average Bonchev–Trinajstić information content (AvgIpc) is 2.73. The van der Waals surface area contributed by atoms with Crippen LogP contribution in [0.5, 0.6) is 0 Å². The normalized spacial score (nSPS) is 28.0. The summed E-state index contributed by atoms with van der Waals surface area (Å²) in [6.45, 7) is 16.3. The Hall–Kier alpha value is -2.03. The first-order chi connectivity index (χ1) is 15.6. The van der Waals surface area contributed by atoms with Crippen molar-refractivity contribution in [2.75, 3.05) is 5.32 Å². The Morgan fingerprint density at radius 3 is 2.70 bits per heavy atom. The highest BCUT2D eigenvalue weighted by atomic mass is 16.6. The number of anilines is 1. The maximum atomic E-state index is 12.1. The Labute approximate surface area is 202 Å². The van der Waals surface area contributed by atoms with E-state index in [1.165, 1.54) is 49.7 Å². The average molecular weight is 452 g/mol. The maximum Gasteiger partial charge on any atom is 0.411 e. The molecular formula is C30H45NO2. The Morgan fingerprint density at radius 1 is 1.24 bits per heavy atom. The van der Waals surface area contributed by atoms with Crippen LogP contribution in [0, 0.1) is 22.7 Å². The number of hydrogen-bond acceptors (Lipinski definition) is 2. The minimum Gasteiger partial charge on any atom is -0.446 e. The van der Waals surface area contributed by atoms with Crippen LogP contribution < -0.4 is 5.32 Å². The van der Waals surface area contributed by atoms with Crippen LogP contribution in [-0.4, -0.2) is 12.2 Å². The summed E-state index contributed by atoms with van der Waals surface area (Å²) in [7, 11) is 0. The molecule has 0 saturated heterocycles. The number of hydrogen-bond donors (Lipinski definition) is 1. The topological polar surface area (TPSA) is 38.3 Å². The van der Waals surface area contributed by atoms with E-state index in [9.17, 15) is 4.79 Å². The molecule has 1 aromatic rings. The van der Waals surface area contributed by atoms with E-state index in [1.54, 1.807) is 0 Å². The molecular weight excluding hydrogens is 406 g/mol. The molecule has 1 N–H and O–H groups in total. The van der Waals surface area contributed by atoms with Gasteiger partial charge in [0.2, 0.25) is 0 Å². The van der Waals surface area contributed by atoms with E-state index >= 15 is 0 Å². The fraction of sp³-hybridized carbons (Fsp3) is 0.633.